The lowest BCUT2D eigenvalue weighted by Gasteiger charge is -2.26. The minimum Gasteiger partial charge on any atom is -0.336 e. The highest BCUT2D eigenvalue weighted by Crippen LogP contribution is 2.35. The Labute approximate surface area is 112 Å². The Morgan fingerprint density at radius 3 is 2.72 bits per heavy atom. The van der Waals surface area contributed by atoms with Crippen molar-refractivity contribution in [3.63, 3.8) is 0 Å². The van der Waals surface area contributed by atoms with Crippen LogP contribution < -0.4 is 5.73 Å². The topological polar surface area (TPSA) is 72.1 Å². The van der Waals surface area contributed by atoms with Crippen LogP contribution in [0, 0.1) is 5.92 Å². The molecule has 18 heavy (non-hydrogen) atoms. The van der Waals surface area contributed by atoms with Crippen LogP contribution in [0.25, 0.3) is 0 Å². The maximum absolute atomic E-state index is 12.5. The SMILES string of the molecule is CC(C)c1nnsc1C(=O)N(C)C(CN)C1CC1. The molecule has 1 amide bonds. The second-order valence-electron chi connectivity index (χ2n) is 5.20. The molecule has 1 heterocycles. The number of carbonyl (C=O) groups is 1. The molecule has 0 radical (unpaired) electrons. The lowest BCUT2D eigenvalue weighted by atomic mass is 10.1. The van der Waals surface area contributed by atoms with Crippen LogP contribution in [0.15, 0.2) is 0 Å². The van der Waals surface area contributed by atoms with Gasteiger partial charge in [-0.05, 0) is 36.2 Å². The molecule has 5 nitrogen and oxygen atoms in total. The highest BCUT2D eigenvalue weighted by molar-refractivity contribution is 7.08. The van der Waals surface area contributed by atoms with Crippen LogP contribution in [0.5, 0.6) is 0 Å². The van der Waals surface area contributed by atoms with Crippen LogP contribution in [-0.2, 0) is 0 Å². The van der Waals surface area contributed by atoms with Gasteiger partial charge >= 0.3 is 0 Å². The third-order valence-corrected chi connectivity index (χ3v) is 4.21. The van der Waals surface area contributed by atoms with Crippen molar-refractivity contribution in [3.05, 3.63) is 10.6 Å². The van der Waals surface area contributed by atoms with Gasteiger partial charge in [0.15, 0.2) is 0 Å². The number of likely N-dealkylation sites (N-methyl/N-ethyl adjacent to an activating group) is 1. The van der Waals surface area contributed by atoms with Gasteiger partial charge in [0, 0.05) is 19.6 Å². The van der Waals surface area contributed by atoms with Gasteiger partial charge in [-0.3, -0.25) is 4.79 Å². The molecule has 1 aliphatic carbocycles. The first kappa shape index (κ1) is 13.4. The van der Waals surface area contributed by atoms with Gasteiger partial charge < -0.3 is 10.6 Å². The monoisotopic (exact) mass is 268 g/mol. The minimum atomic E-state index is 0.0102. The summed E-state index contributed by atoms with van der Waals surface area (Å²) in [6, 6.07) is 0.152. The Bertz CT molecular complexity index is 427. The fourth-order valence-corrected chi connectivity index (χ4v) is 2.98. The van der Waals surface area contributed by atoms with Crippen molar-refractivity contribution in [2.45, 2.75) is 38.6 Å². The van der Waals surface area contributed by atoms with E-state index in [0.29, 0.717) is 17.3 Å². The Kier molecular flexibility index (Phi) is 3.97. The van der Waals surface area contributed by atoms with E-state index in [9.17, 15) is 4.79 Å². The maximum Gasteiger partial charge on any atom is 0.267 e. The summed E-state index contributed by atoms with van der Waals surface area (Å²) in [5.41, 5.74) is 6.58. The Morgan fingerprint density at radius 2 is 2.22 bits per heavy atom. The Hall–Kier alpha value is -1.01. The van der Waals surface area contributed by atoms with Crippen molar-refractivity contribution in [1.29, 1.82) is 0 Å². The first-order chi connectivity index (χ1) is 8.56. The standard InChI is InChI=1S/C12H20N4OS/c1-7(2)10-11(18-15-14-10)12(17)16(3)9(6-13)8-4-5-8/h7-9H,4-6,13H2,1-3H3. The summed E-state index contributed by atoms with van der Waals surface area (Å²) in [5.74, 6) is 0.803. The molecule has 1 unspecified atom stereocenters. The number of amides is 1. The fourth-order valence-electron chi connectivity index (χ4n) is 2.18. The highest BCUT2D eigenvalue weighted by atomic mass is 32.1. The van der Waals surface area contributed by atoms with Crippen LogP contribution in [0.1, 0.15) is 48.0 Å². The number of nitrogens with zero attached hydrogens (tertiary/aromatic N) is 3. The molecule has 0 spiro atoms. The van der Waals surface area contributed by atoms with E-state index < -0.39 is 0 Å². The van der Waals surface area contributed by atoms with Crippen molar-refractivity contribution in [1.82, 2.24) is 14.5 Å². The number of rotatable bonds is 5. The Balaban J connectivity index is 2.16. The van der Waals surface area contributed by atoms with E-state index in [4.69, 9.17) is 5.73 Å². The number of nitrogens with two attached hydrogens (primary N) is 1. The zero-order valence-electron chi connectivity index (χ0n) is 11.1. The zero-order chi connectivity index (χ0) is 13.3. The zero-order valence-corrected chi connectivity index (χ0v) is 11.9. The van der Waals surface area contributed by atoms with Gasteiger partial charge in [-0.15, -0.1) is 5.10 Å². The molecule has 1 fully saturated rings. The summed E-state index contributed by atoms with van der Waals surface area (Å²) >= 11 is 1.18. The molecule has 0 bridgehead atoms. The van der Waals surface area contributed by atoms with E-state index in [-0.39, 0.29) is 17.9 Å². The van der Waals surface area contributed by atoms with Gasteiger partial charge in [-0.2, -0.15) is 0 Å². The number of hydrogen-bond donors (Lipinski definition) is 1. The van der Waals surface area contributed by atoms with Crippen molar-refractivity contribution in [2.75, 3.05) is 13.6 Å². The normalized spacial score (nSPS) is 16.9. The van der Waals surface area contributed by atoms with Crippen LogP contribution >= 0.6 is 11.5 Å². The predicted molar refractivity (Wildman–Crippen MR) is 71.7 cm³/mol. The molecule has 100 valence electrons. The predicted octanol–water partition coefficient (Wildman–Crippen LogP) is 1.47. The summed E-state index contributed by atoms with van der Waals surface area (Å²) in [6.07, 6.45) is 2.36. The number of aromatic nitrogens is 2. The van der Waals surface area contributed by atoms with E-state index in [2.05, 4.69) is 9.59 Å². The average molecular weight is 268 g/mol. The molecule has 0 aromatic carbocycles. The lowest BCUT2D eigenvalue weighted by Crippen LogP contribution is -2.43. The van der Waals surface area contributed by atoms with Gasteiger partial charge in [0.25, 0.3) is 5.91 Å². The number of hydrogen-bond acceptors (Lipinski definition) is 5. The Morgan fingerprint density at radius 1 is 1.56 bits per heavy atom. The first-order valence-electron chi connectivity index (χ1n) is 6.35. The van der Waals surface area contributed by atoms with Gasteiger partial charge in [0.05, 0.1) is 5.69 Å². The largest absolute Gasteiger partial charge is 0.336 e. The van der Waals surface area contributed by atoms with Gasteiger partial charge in [0.1, 0.15) is 4.88 Å². The molecule has 6 heteroatoms. The molecule has 2 N–H and O–H groups in total. The van der Waals surface area contributed by atoms with E-state index in [1.165, 1.54) is 24.4 Å². The van der Waals surface area contributed by atoms with Gasteiger partial charge in [0.2, 0.25) is 0 Å². The van der Waals surface area contributed by atoms with E-state index in [0.717, 1.165) is 5.69 Å². The highest BCUT2D eigenvalue weighted by Gasteiger charge is 2.36. The van der Waals surface area contributed by atoms with Gasteiger partial charge in [-0.25, -0.2) is 0 Å². The van der Waals surface area contributed by atoms with Crippen LogP contribution in [0.2, 0.25) is 0 Å². The molecule has 0 saturated heterocycles. The second-order valence-corrected chi connectivity index (χ2v) is 5.95. The van der Waals surface area contributed by atoms with E-state index in [1.54, 1.807) is 4.90 Å². The molecule has 2 rings (SSSR count). The third-order valence-electron chi connectivity index (χ3n) is 3.48. The molecule has 1 aromatic rings. The summed E-state index contributed by atoms with van der Waals surface area (Å²) in [5, 5.41) is 4.05. The van der Waals surface area contributed by atoms with E-state index >= 15 is 0 Å². The molecule has 1 aromatic heterocycles. The number of carbonyl (C=O) groups excluding carboxylic acids is 1. The first-order valence-corrected chi connectivity index (χ1v) is 7.13. The molecular weight excluding hydrogens is 248 g/mol. The molecule has 0 aliphatic heterocycles. The smallest absolute Gasteiger partial charge is 0.267 e. The quantitative estimate of drug-likeness (QED) is 0.877. The molecule has 1 atom stereocenters. The lowest BCUT2D eigenvalue weighted by molar-refractivity contribution is 0.0722. The fraction of sp³-hybridized carbons (Fsp3) is 0.750. The molecule has 1 aliphatic rings. The maximum atomic E-state index is 12.5. The van der Waals surface area contributed by atoms with Crippen molar-refractivity contribution in [2.24, 2.45) is 11.7 Å². The molecule has 1 saturated carbocycles. The average Bonchev–Trinajstić information content (AvgIpc) is 3.04. The van der Waals surface area contributed by atoms with Gasteiger partial charge in [-0.1, -0.05) is 18.3 Å². The summed E-state index contributed by atoms with van der Waals surface area (Å²) in [6.45, 7) is 4.57. The van der Waals surface area contributed by atoms with Crippen LogP contribution in [0.4, 0.5) is 0 Å². The van der Waals surface area contributed by atoms with Crippen molar-refractivity contribution >= 4 is 17.4 Å². The second kappa shape index (κ2) is 5.32. The van der Waals surface area contributed by atoms with Crippen LogP contribution in [0.3, 0.4) is 0 Å². The summed E-state index contributed by atoms with van der Waals surface area (Å²) in [4.78, 5) is 14.9. The minimum absolute atomic E-state index is 0.0102. The third kappa shape index (κ3) is 2.54. The van der Waals surface area contributed by atoms with Crippen molar-refractivity contribution in [3.8, 4) is 0 Å². The summed E-state index contributed by atoms with van der Waals surface area (Å²) in [7, 11) is 1.84. The molecular formula is C12H20N4OS. The van der Waals surface area contributed by atoms with E-state index in [1.807, 2.05) is 20.9 Å². The van der Waals surface area contributed by atoms with Crippen LogP contribution in [-0.4, -0.2) is 40.0 Å². The summed E-state index contributed by atoms with van der Waals surface area (Å²) < 4.78 is 3.91. The van der Waals surface area contributed by atoms with Crippen molar-refractivity contribution < 1.29 is 4.79 Å².